The third kappa shape index (κ3) is 3.39. The highest BCUT2D eigenvalue weighted by Gasteiger charge is 2.13. The Bertz CT molecular complexity index is 341. The lowest BCUT2D eigenvalue weighted by atomic mass is 9.89. The number of hydrogen-bond donors (Lipinski definition) is 1. The molecule has 1 N–H and O–H groups in total. The van der Waals surface area contributed by atoms with Crippen LogP contribution in [0.1, 0.15) is 32.1 Å². The summed E-state index contributed by atoms with van der Waals surface area (Å²) in [6.45, 7) is 1.13. The largest absolute Gasteiger partial charge is 0.383 e. The molecule has 1 aliphatic carbocycles. The van der Waals surface area contributed by atoms with Crippen molar-refractivity contribution in [2.75, 3.05) is 30.9 Å². The SMILES string of the molecule is CN(C)c1ccccc1NCC1CCCCC1. The Balaban J connectivity index is 1.93. The molecule has 2 nitrogen and oxygen atoms in total. The molecule has 1 aromatic rings. The van der Waals surface area contributed by atoms with Gasteiger partial charge in [-0.05, 0) is 30.9 Å². The summed E-state index contributed by atoms with van der Waals surface area (Å²) < 4.78 is 0. The van der Waals surface area contributed by atoms with E-state index in [4.69, 9.17) is 0 Å². The maximum Gasteiger partial charge on any atom is 0.0596 e. The van der Waals surface area contributed by atoms with E-state index in [1.54, 1.807) is 0 Å². The fourth-order valence-electron chi connectivity index (χ4n) is 2.66. The Morgan fingerprint density at radius 3 is 2.53 bits per heavy atom. The maximum absolute atomic E-state index is 3.62. The van der Waals surface area contributed by atoms with Crippen LogP contribution in [-0.2, 0) is 0 Å². The number of hydrogen-bond acceptors (Lipinski definition) is 2. The summed E-state index contributed by atoms with van der Waals surface area (Å²) in [6, 6.07) is 8.55. The van der Waals surface area contributed by atoms with Crippen LogP contribution in [0.5, 0.6) is 0 Å². The fourth-order valence-corrected chi connectivity index (χ4v) is 2.66. The van der Waals surface area contributed by atoms with E-state index < -0.39 is 0 Å². The summed E-state index contributed by atoms with van der Waals surface area (Å²) in [4.78, 5) is 2.17. The quantitative estimate of drug-likeness (QED) is 0.850. The van der Waals surface area contributed by atoms with Crippen molar-refractivity contribution in [3.63, 3.8) is 0 Å². The molecule has 2 rings (SSSR count). The lowest BCUT2D eigenvalue weighted by molar-refractivity contribution is 0.373. The molecule has 0 aromatic heterocycles. The van der Waals surface area contributed by atoms with Crippen LogP contribution in [0.15, 0.2) is 24.3 Å². The number of nitrogens with one attached hydrogen (secondary N) is 1. The van der Waals surface area contributed by atoms with Gasteiger partial charge < -0.3 is 10.2 Å². The second-order valence-electron chi connectivity index (χ2n) is 5.30. The summed E-state index contributed by atoms with van der Waals surface area (Å²) in [6.07, 6.45) is 7.07. The van der Waals surface area contributed by atoms with Crippen LogP contribution in [0.3, 0.4) is 0 Å². The van der Waals surface area contributed by atoms with Gasteiger partial charge in [-0.2, -0.15) is 0 Å². The first-order chi connectivity index (χ1) is 8.27. The van der Waals surface area contributed by atoms with E-state index in [2.05, 4.69) is 48.6 Å². The van der Waals surface area contributed by atoms with Crippen molar-refractivity contribution < 1.29 is 0 Å². The van der Waals surface area contributed by atoms with E-state index in [0.29, 0.717) is 0 Å². The molecule has 0 saturated heterocycles. The molecule has 17 heavy (non-hydrogen) atoms. The Kier molecular flexibility index (Phi) is 4.29. The van der Waals surface area contributed by atoms with Crippen LogP contribution >= 0.6 is 0 Å². The van der Waals surface area contributed by atoms with Gasteiger partial charge in [0.2, 0.25) is 0 Å². The van der Waals surface area contributed by atoms with Gasteiger partial charge in [0, 0.05) is 20.6 Å². The van der Waals surface area contributed by atoms with Gasteiger partial charge in [0.15, 0.2) is 0 Å². The zero-order chi connectivity index (χ0) is 12.1. The first kappa shape index (κ1) is 12.3. The number of anilines is 2. The molecular formula is C15H24N2. The van der Waals surface area contributed by atoms with E-state index in [9.17, 15) is 0 Å². The standard InChI is InChI=1S/C15H24N2/c1-17(2)15-11-7-6-10-14(15)16-12-13-8-4-3-5-9-13/h6-7,10-11,13,16H,3-5,8-9,12H2,1-2H3. The molecule has 1 saturated carbocycles. The lowest BCUT2D eigenvalue weighted by Gasteiger charge is -2.24. The highest BCUT2D eigenvalue weighted by molar-refractivity contribution is 5.69. The highest BCUT2D eigenvalue weighted by Crippen LogP contribution is 2.27. The van der Waals surface area contributed by atoms with Crippen LogP contribution in [-0.4, -0.2) is 20.6 Å². The van der Waals surface area contributed by atoms with Crippen LogP contribution < -0.4 is 10.2 Å². The Labute approximate surface area is 105 Å². The Hall–Kier alpha value is -1.18. The van der Waals surface area contributed by atoms with Crippen LogP contribution in [0.4, 0.5) is 11.4 Å². The van der Waals surface area contributed by atoms with E-state index in [1.165, 1.54) is 43.5 Å². The summed E-state index contributed by atoms with van der Waals surface area (Å²) >= 11 is 0. The summed E-state index contributed by atoms with van der Waals surface area (Å²) in [7, 11) is 4.20. The highest BCUT2D eigenvalue weighted by atomic mass is 15.1. The molecule has 1 aromatic carbocycles. The average Bonchev–Trinajstić information content (AvgIpc) is 2.38. The molecule has 1 aliphatic rings. The monoisotopic (exact) mass is 232 g/mol. The second kappa shape index (κ2) is 5.95. The summed E-state index contributed by atoms with van der Waals surface area (Å²) in [5.74, 6) is 0.874. The van der Waals surface area contributed by atoms with Gasteiger partial charge in [-0.1, -0.05) is 31.4 Å². The third-order valence-corrected chi connectivity index (χ3v) is 3.69. The zero-order valence-electron chi connectivity index (χ0n) is 11.1. The molecule has 0 bridgehead atoms. The Morgan fingerprint density at radius 1 is 1.12 bits per heavy atom. The molecule has 1 fully saturated rings. The van der Waals surface area contributed by atoms with Crippen LogP contribution in [0.2, 0.25) is 0 Å². The van der Waals surface area contributed by atoms with E-state index in [0.717, 1.165) is 12.5 Å². The second-order valence-corrected chi connectivity index (χ2v) is 5.30. The fraction of sp³-hybridized carbons (Fsp3) is 0.600. The van der Waals surface area contributed by atoms with Gasteiger partial charge in [-0.25, -0.2) is 0 Å². The van der Waals surface area contributed by atoms with E-state index >= 15 is 0 Å². The molecular weight excluding hydrogens is 208 g/mol. The van der Waals surface area contributed by atoms with Crippen LogP contribution in [0.25, 0.3) is 0 Å². The smallest absolute Gasteiger partial charge is 0.0596 e. The molecule has 0 spiro atoms. The van der Waals surface area contributed by atoms with Crippen LogP contribution in [0, 0.1) is 5.92 Å². The van der Waals surface area contributed by atoms with Gasteiger partial charge in [0.05, 0.1) is 11.4 Å². The molecule has 0 amide bonds. The minimum Gasteiger partial charge on any atom is -0.383 e. The van der Waals surface area contributed by atoms with Gasteiger partial charge in [-0.3, -0.25) is 0 Å². The van der Waals surface area contributed by atoms with Crippen molar-refractivity contribution in [1.82, 2.24) is 0 Å². The maximum atomic E-state index is 3.62. The molecule has 0 heterocycles. The van der Waals surface area contributed by atoms with Gasteiger partial charge in [0.1, 0.15) is 0 Å². The van der Waals surface area contributed by atoms with E-state index in [-0.39, 0.29) is 0 Å². The molecule has 0 atom stereocenters. The number of rotatable bonds is 4. The topological polar surface area (TPSA) is 15.3 Å². The third-order valence-electron chi connectivity index (χ3n) is 3.69. The van der Waals surface area contributed by atoms with E-state index in [1.807, 2.05) is 0 Å². The van der Waals surface area contributed by atoms with Crippen molar-refractivity contribution in [1.29, 1.82) is 0 Å². The average molecular weight is 232 g/mol. The van der Waals surface area contributed by atoms with Gasteiger partial charge in [0.25, 0.3) is 0 Å². The number of nitrogens with zero attached hydrogens (tertiary/aromatic N) is 1. The van der Waals surface area contributed by atoms with Crippen molar-refractivity contribution >= 4 is 11.4 Å². The molecule has 0 unspecified atom stereocenters. The normalized spacial score (nSPS) is 16.8. The van der Waals surface area contributed by atoms with Crippen molar-refractivity contribution in [3.05, 3.63) is 24.3 Å². The zero-order valence-corrected chi connectivity index (χ0v) is 11.1. The minimum atomic E-state index is 0.874. The molecule has 94 valence electrons. The summed E-state index contributed by atoms with van der Waals surface area (Å²) in [5.41, 5.74) is 2.55. The van der Waals surface area contributed by atoms with Gasteiger partial charge >= 0.3 is 0 Å². The van der Waals surface area contributed by atoms with Crippen molar-refractivity contribution in [2.45, 2.75) is 32.1 Å². The molecule has 0 aliphatic heterocycles. The predicted octanol–water partition coefficient (Wildman–Crippen LogP) is 3.74. The first-order valence-corrected chi connectivity index (χ1v) is 6.77. The molecule has 0 radical (unpaired) electrons. The van der Waals surface area contributed by atoms with Crippen molar-refractivity contribution in [3.8, 4) is 0 Å². The minimum absolute atomic E-state index is 0.874. The lowest BCUT2D eigenvalue weighted by Crippen LogP contribution is -2.19. The Morgan fingerprint density at radius 2 is 1.82 bits per heavy atom. The van der Waals surface area contributed by atoms with Gasteiger partial charge in [-0.15, -0.1) is 0 Å². The first-order valence-electron chi connectivity index (χ1n) is 6.77. The predicted molar refractivity (Wildman–Crippen MR) is 75.8 cm³/mol. The number of para-hydroxylation sites is 2. The summed E-state index contributed by atoms with van der Waals surface area (Å²) in [5, 5.41) is 3.62. The number of benzene rings is 1. The van der Waals surface area contributed by atoms with Crippen molar-refractivity contribution in [2.24, 2.45) is 5.92 Å². The molecule has 2 heteroatoms.